The minimum absolute atomic E-state index is 0.262. The highest BCUT2D eigenvalue weighted by Gasteiger charge is 1.92. The molecule has 0 saturated heterocycles. The fourth-order valence-electron chi connectivity index (χ4n) is 3.52. The lowest BCUT2D eigenvalue weighted by Crippen LogP contribution is -2.18. The standard InChI is InChI=1S/C20H32O2.C18H16.CH4N2O.2H2O2/c1-2-3-4-5-6-7-8-9-10-11-12-13-14-15-16-17-18-19-20(21)22;1(5-11-17-13-7-3-8-14-17)2-6-12-18-15-9-4-10-16-18;2-1(3)4;2*1-2/h6-7,9-10,12-13,15-16H,2-5,8,11,14,17-19H2,1H3,(H,21,22);1-16H;(H4,2,3,4);2*1-2H/b7-6-,10-9-,13-12-,16-15-;2-1?,11-5+,12-6?;;;. The van der Waals surface area contributed by atoms with Gasteiger partial charge in [0.1, 0.15) is 0 Å². The number of carbonyl (C=O) groups excluding carboxylic acids is 1. The Bertz CT molecular complexity index is 1130. The summed E-state index contributed by atoms with van der Waals surface area (Å²) < 4.78 is 0. The molecule has 0 fully saturated rings. The van der Waals surface area contributed by atoms with Crippen LogP contribution in [0.2, 0.25) is 0 Å². The minimum atomic E-state index is -0.833. The van der Waals surface area contributed by atoms with E-state index in [0.717, 1.165) is 32.1 Å². The fourth-order valence-corrected chi connectivity index (χ4v) is 3.52. The van der Waals surface area contributed by atoms with E-state index in [2.05, 4.69) is 103 Å². The average Bonchev–Trinajstić information content (AvgIpc) is 3.10. The minimum Gasteiger partial charge on any atom is -0.481 e. The number of carboxylic acids is 1. The summed E-state index contributed by atoms with van der Waals surface area (Å²) >= 11 is 0. The molecule has 9 heteroatoms. The number of primary amides is 2. The molecule has 0 aliphatic carbocycles. The number of aliphatic carboxylic acids is 1. The molecule has 0 spiro atoms. The number of hydrogen-bond donors (Lipinski definition) is 7. The molecule has 0 bridgehead atoms. The first-order valence-corrected chi connectivity index (χ1v) is 15.8. The zero-order valence-electron chi connectivity index (χ0n) is 28.1. The molecule has 0 unspecified atom stereocenters. The number of allylic oxidation sites excluding steroid dienone is 12. The summed E-state index contributed by atoms with van der Waals surface area (Å²) in [5, 5.41) is 32.5. The molecule has 264 valence electrons. The zero-order valence-corrected chi connectivity index (χ0v) is 28.1. The summed E-state index contributed by atoms with van der Waals surface area (Å²) in [5.41, 5.74) is 10.9. The summed E-state index contributed by atoms with van der Waals surface area (Å²) in [5.74, 6) is -0.712. The molecule has 0 radical (unpaired) electrons. The molecule has 0 atom stereocenters. The van der Waals surface area contributed by atoms with Crippen LogP contribution < -0.4 is 11.5 Å². The Morgan fingerprint density at radius 1 is 0.562 bits per heavy atom. The predicted molar refractivity (Wildman–Crippen MR) is 200 cm³/mol. The van der Waals surface area contributed by atoms with Crippen LogP contribution in [0.5, 0.6) is 0 Å². The second kappa shape index (κ2) is 42.2. The molecule has 0 aromatic heterocycles. The van der Waals surface area contributed by atoms with Gasteiger partial charge in [-0.3, -0.25) is 25.8 Å². The highest BCUT2D eigenvalue weighted by atomic mass is 17.0. The van der Waals surface area contributed by atoms with Gasteiger partial charge in [0.15, 0.2) is 0 Å². The molecular formula is C39H56N2O7. The van der Waals surface area contributed by atoms with Gasteiger partial charge in [0.05, 0.1) is 0 Å². The maximum atomic E-state index is 10.3. The number of carboxylic acid groups (broad SMARTS) is 1. The SMILES string of the molecule is C(C=Cc1ccccc1)=C/C=C/c1ccccc1.CCCCC/C=C\C/C=C\C/C=C\C/C=C\CCCC(=O)O.NC(N)=O.OO.OO. The Hall–Kier alpha value is -4.80. The molecular weight excluding hydrogens is 608 g/mol. The van der Waals surface area contributed by atoms with Crippen molar-refractivity contribution in [2.75, 3.05) is 0 Å². The van der Waals surface area contributed by atoms with Crippen molar-refractivity contribution >= 4 is 24.2 Å². The van der Waals surface area contributed by atoms with E-state index in [-0.39, 0.29) is 6.42 Å². The number of rotatable bonds is 18. The Morgan fingerprint density at radius 2 is 0.917 bits per heavy atom. The molecule has 0 saturated carbocycles. The van der Waals surface area contributed by atoms with Gasteiger partial charge in [-0.1, -0.05) is 165 Å². The van der Waals surface area contributed by atoms with Crippen molar-refractivity contribution in [2.45, 2.75) is 71.1 Å². The number of benzene rings is 2. The van der Waals surface area contributed by atoms with E-state index in [4.69, 9.17) is 30.9 Å². The number of hydrogen-bond acceptors (Lipinski definition) is 6. The summed E-state index contributed by atoms with van der Waals surface area (Å²) in [7, 11) is 0. The van der Waals surface area contributed by atoms with E-state index in [0.29, 0.717) is 0 Å². The fraction of sp³-hybridized carbons (Fsp3) is 0.282. The Balaban J connectivity index is -0.000000699. The molecule has 2 amide bonds. The van der Waals surface area contributed by atoms with Crippen LogP contribution in [0.1, 0.15) is 82.3 Å². The van der Waals surface area contributed by atoms with Gasteiger partial charge in [-0.15, -0.1) is 0 Å². The summed E-state index contributed by atoms with van der Waals surface area (Å²) in [4.78, 5) is 19.3. The van der Waals surface area contributed by atoms with Crippen LogP contribution in [0.15, 0.2) is 134 Å². The average molecular weight is 665 g/mol. The Kier molecular flexibility index (Phi) is 41.9. The molecule has 9 N–H and O–H groups in total. The third-order valence-corrected chi connectivity index (χ3v) is 5.73. The van der Waals surface area contributed by atoms with Crippen LogP contribution >= 0.6 is 0 Å². The third-order valence-electron chi connectivity index (χ3n) is 5.73. The van der Waals surface area contributed by atoms with Gasteiger partial charge in [0, 0.05) is 6.42 Å². The largest absolute Gasteiger partial charge is 0.481 e. The molecule has 0 aliphatic heterocycles. The van der Waals surface area contributed by atoms with Crippen molar-refractivity contribution in [3.63, 3.8) is 0 Å². The first-order valence-electron chi connectivity index (χ1n) is 15.8. The van der Waals surface area contributed by atoms with Crippen molar-refractivity contribution in [3.05, 3.63) is 145 Å². The van der Waals surface area contributed by atoms with Crippen LogP contribution in [-0.4, -0.2) is 38.1 Å². The van der Waals surface area contributed by atoms with Crippen LogP contribution in [0.4, 0.5) is 4.79 Å². The number of nitrogens with two attached hydrogens (primary N) is 2. The second-order valence-corrected chi connectivity index (χ2v) is 9.70. The van der Waals surface area contributed by atoms with Crippen molar-refractivity contribution in [3.8, 4) is 0 Å². The summed E-state index contributed by atoms with van der Waals surface area (Å²) in [6.07, 6.45) is 39.7. The topological polar surface area (TPSA) is 187 Å². The lowest BCUT2D eigenvalue weighted by Gasteiger charge is -1.90. The summed E-state index contributed by atoms with van der Waals surface area (Å²) in [6.45, 7) is 2.23. The van der Waals surface area contributed by atoms with Crippen molar-refractivity contribution < 1.29 is 35.7 Å². The molecule has 2 rings (SSSR count). The number of carbonyl (C=O) groups is 2. The zero-order chi connectivity index (χ0) is 36.4. The van der Waals surface area contributed by atoms with Gasteiger partial charge in [0.2, 0.25) is 0 Å². The number of amides is 2. The Labute approximate surface area is 286 Å². The van der Waals surface area contributed by atoms with Gasteiger partial charge in [-0.05, 0) is 56.1 Å². The quantitative estimate of drug-likeness (QED) is 0.0271. The molecule has 9 nitrogen and oxygen atoms in total. The van der Waals surface area contributed by atoms with E-state index in [1.165, 1.54) is 36.8 Å². The highest BCUT2D eigenvalue weighted by Crippen LogP contribution is 2.03. The van der Waals surface area contributed by atoms with Crippen LogP contribution in [0.3, 0.4) is 0 Å². The van der Waals surface area contributed by atoms with E-state index in [1.807, 2.05) is 60.7 Å². The first-order chi connectivity index (χ1) is 23.5. The van der Waals surface area contributed by atoms with E-state index in [1.54, 1.807) is 0 Å². The molecule has 0 aliphatic rings. The molecule has 0 heterocycles. The third kappa shape index (κ3) is 43.3. The van der Waals surface area contributed by atoms with Crippen LogP contribution in [0.25, 0.3) is 12.2 Å². The van der Waals surface area contributed by atoms with Gasteiger partial charge in [0.25, 0.3) is 0 Å². The number of unbranched alkanes of at least 4 members (excludes halogenated alkanes) is 4. The summed E-state index contributed by atoms with van der Waals surface area (Å²) in [6, 6.07) is 19.7. The molecule has 48 heavy (non-hydrogen) atoms. The smallest absolute Gasteiger partial charge is 0.309 e. The van der Waals surface area contributed by atoms with E-state index in [9.17, 15) is 4.79 Å². The number of urea groups is 1. The van der Waals surface area contributed by atoms with Crippen molar-refractivity contribution in [2.24, 2.45) is 11.5 Å². The van der Waals surface area contributed by atoms with E-state index < -0.39 is 12.0 Å². The van der Waals surface area contributed by atoms with Gasteiger partial charge < -0.3 is 16.6 Å². The van der Waals surface area contributed by atoms with Crippen LogP contribution in [0, 0.1) is 0 Å². The van der Waals surface area contributed by atoms with E-state index >= 15 is 0 Å². The lowest BCUT2D eigenvalue weighted by molar-refractivity contribution is -0.176. The normalized spacial score (nSPS) is 10.9. The van der Waals surface area contributed by atoms with Crippen molar-refractivity contribution in [1.29, 1.82) is 0 Å². The lowest BCUT2D eigenvalue weighted by atomic mass is 10.2. The maximum Gasteiger partial charge on any atom is 0.309 e. The van der Waals surface area contributed by atoms with Crippen LogP contribution in [-0.2, 0) is 4.79 Å². The maximum absolute atomic E-state index is 10.3. The Morgan fingerprint density at radius 3 is 1.27 bits per heavy atom. The second-order valence-electron chi connectivity index (χ2n) is 9.70. The monoisotopic (exact) mass is 664 g/mol. The van der Waals surface area contributed by atoms with Gasteiger partial charge in [-0.25, -0.2) is 4.79 Å². The molecule has 2 aromatic carbocycles. The van der Waals surface area contributed by atoms with Gasteiger partial charge in [-0.2, -0.15) is 0 Å². The highest BCUT2D eigenvalue weighted by molar-refractivity contribution is 5.69. The van der Waals surface area contributed by atoms with Crippen molar-refractivity contribution in [1.82, 2.24) is 0 Å². The van der Waals surface area contributed by atoms with Gasteiger partial charge >= 0.3 is 12.0 Å². The first kappa shape index (κ1) is 47.6. The molecule has 2 aromatic rings. The predicted octanol–water partition coefficient (Wildman–Crippen LogP) is 10.2.